The van der Waals surface area contributed by atoms with Gasteiger partial charge in [-0.05, 0) is 34.2 Å². The van der Waals surface area contributed by atoms with Gasteiger partial charge in [0.1, 0.15) is 5.82 Å². The van der Waals surface area contributed by atoms with Crippen LogP contribution in [0.15, 0.2) is 66.9 Å². The zero-order chi connectivity index (χ0) is 19.6. The highest BCUT2D eigenvalue weighted by atomic mass is 19.1. The van der Waals surface area contributed by atoms with Crippen molar-refractivity contribution in [2.24, 2.45) is 0 Å². The maximum Gasteiger partial charge on any atom is 0.183 e. The Bertz CT molecular complexity index is 1120. The molecule has 0 spiro atoms. The zero-order valence-corrected chi connectivity index (χ0v) is 15.9. The summed E-state index contributed by atoms with van der Waals surface area (Å²) in [4.78, 5) is 4.48. The van der Waals surface area contributed by atoms with Crippen LogP contribution >= 0.6 is 0 Å². The van der Waals surface area contributed by atoms with Gasteiger partial charge in [0.05, 0.1) is 5.69 Å². The number of para-hydroxylation sites is 1. The van der Waals surface area contributed by atoms with Crippen molar-refractivity contribution in [3.05, 3.63) is 78.2 Å². The molecule has 0 amide bonds. The molecule has 29 heavy (non-hydrogen) atoms. The minimum Gasteiger partial charge on any atom is -0.367 e. The van der Waals surface area contributed by atoms with E-state index < -0.39 is 0 Å². The highest BCUT2D eigenvalue weighted by Gasteiger charge is 2.21. The molecular formula is C22H21FN6. The Morgan fingerprint density at radius 1 is 0.862 bits per heavy atom. The van der Waals surface area contributed by atoms with Gasteiger partial charge in [-0.2, -0.15) is 4.52 Å². The molecule has 0 unspecified atom stereocenters. The van der Waals surface area contributed by atoms with Crippen LogP contribution in [0.3, 0.4) is 0 Å². The first-order valence-corrected chi connectivity index (χ1v) is 9.76. The fraction of sp³-hybridized carbons (Fsp3) is 0.227. The van der Waals surface area contributed by atoms with Crippen LogP contribution in [0.4, 0.5) is 10.1 Å². The first-order chi connectivity index (χ1) is 14.3. The van der Waals surface area contributed by atoms with Crippen molar-refractivity contribution < 1.29 is 4.39 Å². The Morgan fingerprint density at radius 2 is 1.62 bits per heavy atom. The predicted octanol–water partition coefficient (Wildman–Crippen LogP) is 3.25. The third kappa shape index (κ3) is 3.56. The Kier molecular flexibility index (Phi) is 4.65. The molecule has 0 bridgehead atoms. The summed E-state index contributed by atoms with van der Waals surface area (Å²) in [6, 6.07) is 19.4. The van der Waals surface area contributed by atoms with Crippen molar-refractivity contribution in [1.82, 2.24) is 24.9 Å². The van der Waals surface area contributed by atoms with E-state index in [0.717, 1.165) is 55.1 Å². The average molecular weight is 388 g/mol. The van der Waals surface area contributed by atoms with E-state index in [4.69, 9.17) is 0 Å². The first-order valence-electron chi connectivity index (χ1n) is 9.76. The van der Waals surface area contributed by atoms with Crippen LogP contribution in [0.2, 0.25) is 0 Å². The van der Waals surface area contributed by atoms with Crippen LogP contribution in [-0.2, 0) is 6.54 Å². The van der Waals surface area contributed by atoms with E-state index in [9.17, 15) is 4.39 Å². The zero-order valence-electron chi connectivity index (χ0n) is 15.9. The topological polar surface area (TPSA) is 49.6 Å². The molecule has 0 aliphatic carbocycles. The summed E-state index contributed by atoms with van der Waals surface area (Å²) in [5, 5.41) is 12.2. The average Bonchev–Trinajstić information content (AvgIpc) is 3.25. The molecule has 1 aliphatic rings. The van der Waals surface area contributed by atoms with Crippen LogP contribution in [0.25, 0.3) is 16.8 Å². The van der Waals surface area contributed by atoms with Crippen LogP contribution in [-0.4, -0.2) is 51.1 Å². The van der Waals surface area contributed by atoms with Crippen LogP contribution in [0.1, 0.15) is 5.56 Å². The number of nitrogens with zero attached hydrogens (tertiary/aromatic N) is 6. The monoisotopic (exact) mass is 388 g/mol. The molecule has 7 heteroatoms. The van der Waals surface area contributed by atoms with E-state index in [1.807, 2.05) is 36.5 Å². The number of hydrogen-bond acceptors (Lipinski definition) is 5. The van der Waals surface area contributed by atoms with Gasteiger partial charge in [0.25, 0.3) is 0 Å². The summed E-state index contributed by atoms with van der Waals surface area (Å²) in [5.74, 6) is -0.159. The van der Waals surface area contributed by atoms with Crippen molar-refractivity contribution in [2.45, 2.75) is 6.54 Å². The van der Waals surface area contributed by atoms with E-state index in [-0.39, 0.29) is 5.82 Å². The van der Waals surface area contributed by atoms with E-state index in [0.29, 0.717) is 5.69 Å². The predicted molar refractivity (Wildman–Crippen MR) is 110 cm³/mol. The van der Waals surface area contributed by atoms with Crippen LogP contribution in [0, 0.1) is 5.82 Å². The summed E-state index contributed by atoms with van der Waals surface area (Å²) >= 11 is 0. The number of benzene rings is 2. The highest BCUT2D eigenvalue weighted by molar-refractivity contribution is 5.66. The summed E-state index contributed by atoms with van der Waals surface area (Å²) in [6.07, 6.45) is 1.96. The lowest BCUT2D eigenvalue weighted by molar-refractivity contribution is 0.249. The van der Waals surface area contributed by atoms with E-state index in [2.05, 4.69) is 43.5 Å². The second kappa shape index (κ2) is 7.60. The van der Waals surface area contributed by atoms with Crippen molar-refractivity contribution in [1.29, 1.82) is 0 Å². The van der Waals surface area contributed by atoms with E-state index in [1.165, 1.54) is 6.07 Å². The number of rotatable bonds is 4. The normalized spacial score (nSPS) is 15.1. The molecule has 1 saturated heterocycles. The number of tetrazole rings is 1. The molecule has 0 N–H and O–H groups in total. The van der Waals surface area contributed by atoms with Gasteiger partial charge < -0.3 is 4.90 Å². The molecule has 4 aromatic rings. The molecule has 2 aromatic heterocycles. The van der Waals surface area contributed by atoms with Gasteiger partial charge in [-0.3, -0.25) is 4.90 Å². The molecule has 0 saturated carbocycles. The van der Waals surface area contributed by atoms with Crippen molar-refractivity contribution >= 4 is 11.3 Å². The number of hydrogen-bond donors (Lipinski definition) is 0. The lowest BCUT2D eigenvalue weighted by atomic mass is 10.1. The third-order valence-corrected chi connectivity index (χ3v) is 5.44. The minimum atomic E-state index is -0.159. The van der Waals surface area contributed by atoms with Crippen molar-refractivity contribution in [2.75, 3.05) is 31.1 Å². The lowest BCUT2D eigenvalue weighted by Crippen LogP contribution is -2.46. The van der Waals surface area contributed by atoms with E-state index in [1.54, 1.807) is 10.6 Å². The second-order valence-electron chi connectivity index (χ2n) is 7.28. The lowest BCUT2D eigenvalue weighted by Gasteiger charge is -2.36. The van der Waals surface area contributed by atoms with E-state index >= 15 is 0 Å². The summed E-state index contributed by atoms with van der Waals surface area (Å²) in [6.45, 7) is 4.06. The quantitative estimate of drug-likeness (QED) is 0.537. The number of halogens is 1. The number of fused-ring (bicyclic) bond motifs is 1. The number of piperazine rings is 1. The van der Waals surface area contributed by atoms with Gasteiger partial charge >= 0.3 is 0 Å². The Balaban J connectivity index is 1.36. The molecule has 146 valence electrons. The maximum absolute atomic E-state index is 14.1. The fourth-order valence-electron chi connectivity index (χ4n) is 3.91. The molecular weight excluding hydrogens is 367 g/mol. The number of pyridine rings is 1. The SMILES string of the molecule is Fc1ccccc1N1CCN(Cc2cc(-c3ccccc3)cn3nnnc23)CC1. The molecule has 0 atom stereocenters. The molecule has 6 nitrogen and oxygen atoms in total. The highest BCUT2D eigenvalue weighted by Crippen LogP contribution is 2.24. The van der Waals surface area contributed by atoms with Gasteiger partial charge in [-0.1, -0.05) is 42.5 Å². The van der Waals surface area contributed by atoms with Crippen molar-refractivity contribution in [3.63, 3.8) is 0 Å². The summed E-state index contributed by atoms with van der Waals surface area (Å²) in [7, 11) is 0. The maximum atomic E-state index is 14.1. The van der Waals surface area contributed by atoms with Crippen LogP contribution < -0.4 is 4.90 Å². The van der Waals surface area contributed by atoms with Gasteiger partial charge in [0, 0.05) is 50.0 Å². The Morgan fingerprint density at radius 3 is 2.41 bits per heavy atom. The molecule has 3 heterocycles. The van der Waals surface area contributed by atoms with Gasteiger partial charge in [0.15, 0.2) is 5.65 Å². The standard InChI is InChI=1S/C22H21FN6/c23-20-8-4-5-9-21(20)28-12-10-27(11-13-28)15-19-14-18(17-6-2-1-3-7-17)16-29-22(19)24-25-26-29/h1-9,14,16H,10-13,15H2. The fourth-order valence-corrected chi connectivity index (χ4v) is 3.91. The summed E-state index contributed by atoms with van der Waals surface area (Å²) in [5.41, 5.74) is 4.78. The minimum absolute atomic E-state index is 0.159. The number of aromatic nitrogens is 4. The molecule has 0 radical (unpaired) electrons. The van der Waals surface area contributed by atoms with Gasteiger partial charge in [-0.15, -0.1) is 5.10 Å². The molecule has 5 rings (SSSR count). The largest absolute Gasteiger partial charge is 0.367 e. The van der Waals surface area contributed by atoms with Crippen molar-refractivity contribution in [3.8, 4) is 11.1 Å². The second-order valence-corrected chi connectivity index (χ2v) is 7.28. The molecule has 1 fully saturated rings. The smallest absolute Gasteiger partial charge is 0.183 e. The van der Waals surface area contributed by atoms with Gasteiger partial charge in [-0.25, -0.2) is 4.39 Å². The third-order valence-electron chi connectivity index (χ3n) is 5.44. The Hall–Kier alpha value is -3.32. The molecule has 2 aromatic carbocycles. The number of anilines is 1. The molecule has 1 aliphatic heterocycles. The summed E-state index contributed by atoms with van der Waals surface area (Å²) < 4.78 is 15.8. The van der Waals surface area contributed by atoms with Crippen LogP contribution in [0.5, 0.6) is 0 Å². The van der Waals surface area contributed by atoms with Gasteiger partial charge in [0.2, 0.25) is 0 Å². The first kappa shape index (κ1) is 17.8. The Labute approximate surface area is 168 Å².